The van der Waals surface area contributed by atoms with Crippen LogP contribution in [-0.4, -0.2) is 18.2 Å². The molecule has 5 nitrogen and oxygen atoms in total. The van der Waals surface area contributed by atoms with Crippen molar-refractivity contribution in [2.45, 2.75) is 0 Å². The van der Waals surface area contributed by atoms with E-state index in [-0.39, 0.29) is 17.0 Å². The van der Waals surface area contributed by atoms with Gasteiger partial charge in [-0.15, -0.1) is 0 Å². The maximum Gasteiger partial charge on any atom is 0.270 e. The Morgan fingerprint density at radius 3 is 3.00 bits per heavy atom. The summed E-state index contributed by atoms with van der Waals surface area (Å²) in [7, 11) is -2.70. The molecule has 1 aromatic rings. The van der Waals surface area contributed by atoms with Crippen LogP contribution < -0.4 is 4.74 Å². The number of nitro groups is 1. The van der Waals surface area contributed by atoms with E-state index in [9.17, 15) is 14.9 Å². The minimum absolute atomic E-state index is 0.176. The first kappa shape index (κ1) is 5.69. The van der Waals surface area contributed by atoms with Crippen molar-refractivity contribution in [2.75, 3.05) is 7.04 Å². The van der Waals surface area contributed by atoms with Gasteiger partial charge in [0.15, 0.2) is 6.29 Å². The first-order chi connectivity index (χ1) is 7.33. The van der Waals surface area contributed by atoms with Gasteiger partial charge in [0.25, 0.3) is 5.69 Å². The smallest absolute Gasteiger partial charge is 0.270 e. The number of benzene rings is 1. The number of nitrogens with zero attached hydrogens (tertiary/aromatic N) is 1. The summed E-state index contributed by atoms with van der Waals surface area (Å²) in [4.78, 5) is 20.3. The van der Waals surface area contributed by atoms with Crippen molar-refractivity contribution in [1.82, 2.24) is 0 Å². The topological polar surface area (TPSA) is 69.4 Å². The van der Waals surface area contributed by atoms with E-state index in [0.717, 1.165) is 18.2 Å². The molecule has 0 radical (unpaired) electrons. The van der Waals surface area contributed by atoms with Crippen LogP contribution in [-0.2, 0) is 0 Å². The highest BCUT2D eigenvalue weighted by Gasteiger charge is 2.09. The molecule has 0 heterocycles. The Labute approximate surface area is 78.3 Å². The first-order valence-electron chi connectivity index (χ1n) is 4.76. The molecule has 0 fully saturated rings. The van der Waals surface area contributed by atoms with Gasteiger partial charge in [0.2, 0.25) is 0 Å². The average Bonchev–Trinajstić information content (AvgIpc) is 2.15. The molecule has 0 saturated heterocycles. The fourth-order valence-corrected chi connectivity index (χ4v) is 0.834. The van der Waals surface area contributed by atoms with Crippen LogP contribution in [0, 0.1) is 10.1 Å². The molecule has 0 aliphatic rings. The van der Waals surface area contributed by atoms with Crippen molar-refractivity contribution in [3.8, 4) is 5.75 Å². The number of nitro benzene ring substituents is 1. The van der Waals surface area contributed by atoms with E-state index in [4.69, 9.17) is 4.11 Å². The van der Waals surface area contributed by atoms with E-state index in [1.807, 2.05) is 0 Å². The molecule has 0 aromatic heterocycles. The van der Waals surface area contributed by atoms with Crippen molar-refractivity contribution in [2.24, 2.45) is 0 Å². The summed E-state index contributed by atoms with van der Waals surface area (Å²) < 4.78 is 25.0. The second-order valence-electron chi connectivity index (χ2n) is 2.20. The van der Waals surface area contributed by atoms with E-state index >= 15 is 0 Å². The van der Waals surface area contributed by atoms with Crippen LogP contribution in [0.15, 0.2) is 18.2 Å². The predicted octanol–water partition coefficient (Wildman–Crippen LogP) is 1.42. The summed E-state index contributed by atoms with van der Waals surface area (Å²) in [5, 5.41) is 10.4. The van der Waals surface area contributed by atoms with E-state index in [2.05, 4.69) is 4.74 Å². The molecule has 0 amide bonds. The standard InChI is InChI=1S/C8H7NO4/c1-13-8-3-2-7(9(11)12)4-6(8)5-10/h2-5H,1H3/i1D3. The molecular formula is C8H7NO4. The number of hydrogen-bond acceptors (Lipinski definition) is 4. The van der Waals surface area contributed by atoms with Crippen molar-refractivity contribution in [1.29, 1.82) is 0 Å². The highest BCUT2D eigenvalue weighted by Crippen LogP contribution is 2.21. The molecule has 0 saturated carbocycles. The number of non-ortho nitro benzene ring substituents is 1. The zero-order valence-electron chi connectivity index (χ0n) is 9.39. The maximum absolute atomic E-state index is 10.6. The fourth-order valence-electron chi connectivity index (χ4n) is 0.834. The molecule has 0 spiro atoms. The lowest BCUT2D eigenvalue weighted by Crippen LogP contribution is -1.93. The summed E-state index contributed by atoms with van der Waals surface area (Å²) in [6.45, 7) is 0. The Morgan fingerprint density at radius 2 is 2.46 bits per heavy atom. The van der Waals surface area contributed by atoms with Crippen molar-refractivity contribution in [3.05, 3.63) is 33.9 Å². The van der Waals surface area contributed by atoms with Crippen molar-refractivity contribution < 1.29 is 18.6 Å². The van der Waals surface area contributed by atoms with E-state index < -0.39 is 12.0 Å². The molecule has 0 aliphatic heterocycles. The maximum atomic E-state index is 10.6. The molecule has 68 valence electrons. The second-order valence-corrected chi connectivity index (χ2v) is 2.20. The van der Waals surface area contributed by atoms with E-state index in [1.165, 1.54) is 0 Å². The molecule has 0 N–H and O–H groups in total. The molecule has 1 aromatic carbocycles. The van der Waals surface area contributed by atoms with E-state index in [0.29, 0.717) is 6.29 Å². The predicted molar refractivity (Wildman–Crippen MR) is 45.0 cm³/mol. The number of carbonyl (C=O) groups is 1. The average molecular weight is 184 g/mol. The quantitative estimate of drug-likeness (QED) is 0.404. The van der Waals surface area contributed by atoms with Gasteiger partial charge in [0.1, 0.15) is 5.75 Å². The minimum Gasteiger partial charge on any atom is -0.496 e. The molecule has 0 atom stereocenters. The Hall–Kier alpha value is -1.91. The Balaban J connectivity index is 3.12. The second kappa shape index (κ2) is 3.66. The van der Waals surface area contributed by atoms with Gasteiger partial charge in [-0.1, -0.05) is 0 Å². The van der Waals surface area contributed by atoms with Gasteiger partial charge in [-0.05, 0) is 6.07 Å². The largest absolute Gasteiger partial charge is 0.496 e. The molecule has 0 aliphatic carbocycles. The minimum atomic E-state index is -2.70. The molecule has 0 unspecified atom stereocenters. The van der Waals surface area contributed by atoms with Crippen molar-refractivity contribution in [3.63, 3.8) is 0 Å². The van der Waals surface area contributed by atoms with Crippen LogP contribution in [0.1, 0.15) is 14.5 Å². The Morgan fingerprint density at radius 1 is 1.69 bits per heavy atom. The number of aldehydes is 1. The number of ether oxygens (including phenoxy) is 1. The summed E-state index contributed by atoms with van der Waals surface area (Å²) in [5.41, 5.74) is -0.481. The molecular weight excluding hydrogens is 174 g/mol. The number of rotatable bonds is 3. The van der Waals surface area contributed by atoms with Crippen LogP contribution in [0.4, 0.5) is 5.69 Å². The third kappa shape index (κ3) is 1.81. The molecule has 1 rings (SSSR count). The van der Waals surface area contributed by atoms with Gasteiger partial charge in [0.05, 0.1) is 21.6 Å². The van der Waals surface area contributed by atoms with Gasteiger partial charge < -0.3 is 4.74 Å². The number of hydrogen-bond donors (Lipinski definition) is 0. The third-order valence-corrected chi connectivity index (χ3v) is 1.44. The van der Waals surface area contributed by atoms with Crippen LogP contribution in [0.2, 0.25) is 0 Å². The third-order valence-electron chi connectivity index (χ3n) is 1.44. The molecule has 13 heavy (non-hydrogen) atoms. The van der Waals surface area contributed by atoms with Crippen molar-refractivity contribution >= 4 is 12.0 Å². The highest BCUT2D eigenvalue weighted by atomic mass is 16.6. The lowest BCUT2D eigenvalue weighted by Gasteiger charge is -2.01. The normalized spacial score (nSPS) is 13.7. The summed E-state index contributed by atoms with van der Waals surface area (Å²) in [6, 6.07) is 3.09. The van der Waals surface area contributed by atoms with Crippen LogP contribution in [0.3, 0.4) is 0 Å². The summed E-state index contributed by atoms with van der Waals surface area (Å²) in [6.07, 6.45) is 0.300. The number of methoxy groups -OCH3 is 1. The zero-order valence-corrected chi connectivity index (χ0v) is 6.39. The molecule has 5 heteroatoms. The lowest BCUT2D eigenvalue weighted by molar-refractivity contribution is -0.384. The SMILES string of the molecule is [2H]C([2H])([2H])Oc1ccc([N+](=O)[O-])cc1C=O. The number of carbonyl (C=O) groups excluding carboxylic acids is 1. The zero-order chi connectivity index (χ0) is 12.3. The summed E-state index contributed by atoms with van der Waals surface area (Å²) in [5.74, 6) is -0.208. The van der Waals surface area contributed by atoms with Crippen LogP contribution in [0.5, 0.6) is 5.75 Å². The Kier molecular flexibility index (Phi) is 1.60. The van der Waals surface area contributed by atoms with Gasteiger partial charge in [-0.3, -0.25) is 14.9 Å². The Bertz CT molecular complexity index is 430. The van der Waals surface area contributed by atoms with Gasteiger partial charge >= 0.3 is 0 Å². The fraction of sp³-hybridized carbons (Fsp3) is 0.125. The van der Waals surface area contributed by atoms with Gasteiger partial charge in [0, 0.05) is 12.1 Å². The van der Waals surface area contributed by atoms with Gasteiger partial charge in [-0.25, -0.2) is 0 Å². The van der Waals surface area contributed by atoms with Crippen LogP contribution in [0.25, 0.3) is 0 Å². The first-order valence-corrected chi connectivity index (χ1v) is 3.26. The molecule has 0 bridgehead atoms. The van der Waals surface area contributed by atoms with E-state index in [1.54, 1.807) is 0 Å². The summed E-state index contributed by atoms with van der Waals surface area (Å²) >= 11 is 0. The van der Waals surface area contributed by atoms with Gasteiger partial charge in [-0.2, -0.15) is 0 Å². The highest BCUT2D eigenvalue weighted by molar-refractivity contribution is 5.80. The van der Waals surface area contributed by atoms with Crippen LogP contribution >= 0.6 is 0 Å². The lowest BCUT2D eigenvalue weighted by atomic mass is 10.2. The monoisotopic (exact) mass is 184 g/mol.